The van der Waals surface area contributed by atoms with Gasteiger partial charge in [0.15, 0.2) is 0 Å². The van der Waals surface area contributed by atoms with Crippen LogP contribution in [0.25, 0.3) is 0 Å². The van der Waals surface area contributed by atoms with Gasteiger partial charge in [-0.2, -0.15) is 0 Å². The number of nitrogens with zero attached hydrogens (tertiary/aromatic N) is 4. The van der Waals surface area contributed by atoms with Gasteiger partial charge in [-0.3, -0.25) is 4.79 Å². The highest BCUT2D eigenvalue weighted by molar-refractivity contribution is 5.83. The second-order valence-corrected chi connectivity index (χ2v) is 6.97. The van der Waals surface area contributed by atoms with Gasteiger partial charge in [-0.25, -0.2) is 9.97 Å². The molecule has 7 nitrogen and oxygen atoms in total. The van der Waals surface area contributed by atoms with E-state index in [-0.39, 0.29) is 5.91 Å². The molecule has 2 heterocycles. The van der Waals surface area contributed by atoms with E-state index in [1.165, 1.54) is 19.3 Å². The zero-order valence-corrected chi connectivity index (χ0v) is 15.3. The van der Waals surface area contributed by atoms with Gasteiger partial charge in [0.25, 0.3) is 0 Å². The highest BCUT2D eigenvalue weighted by Crippen LogP contribution is 2.31. The van der Waals surface area contributed by atoms with Crippen LogP contribution in [0, 0.1) is 0 Å². The van der Waals surface area contributed by atoms with Crippen molar-refractivity contribution in [3.8, 4) is 0 Å². The van der Waals surface area contributed by atoms with E-state index in [0.717, 1.165) is 43.0 Å². The van der Waals surface area contributed by atoms with E-state index in [9.17, 15) is 4.79 Å². The highest BCUT2D eigenvalue weighted by atomic mass is 16.5. The van der Waals surface area contributed by atoms with Crippen LogP contribution in [0.15, 0.2) is 6.33 Å². The summed E-state index contributed by atoms with van der Waals surface area (Å²) in [4.78, 5) is 25.7. The summed E-state index contributed by atoms with van der Waals surface area (Å²) < 4.78 is 5.11. The lowest BCUT2D eigenvalue weighted by atomic mass is 9.94. The molecular formula is C18H29N5O2. The monoisotopic (exact) mass is 347 g/mol. The van der Waals surface area contributed by atoms with Crippen molar-refractivity contribution < 1.29 is 9.53 Å². The van der Waals surface area contributed by atoms with Crippen LogP contribution in [-0.4, -0.2) is 60.7 Å². The summed E-state index contributed by atoms with van der Waals surface area (Å²) in [5.41, 5.74) is 1.03. The fourth-order valence-corrected chi connectivity index (χ4v) is 3.81. The molecule has 0 atom stereocenters. The molecule has 1 aliphatic heterocycles. The first kappa shape index (κ1) is 17.9. The Bertz CT molecular complexity index is 589. The Kier molecular flexibility index (Phi) is 6.07. The number of methoxy groups -OCH3 is 1. The number of anilines is 2. The van der Waals surface area contributed by atoms with Gasteiger partial charge in [-0.1, -0.05) is 19.3 Å². The number of hydrogen-bond donors (Lipinski definition) is 1. The molecule has 25 heavy (non-hydrogen) atoms. The van der Waals surface area contributed by atoms with E-state index in [1.807, 2.05) is 11.9 Å². The topological polar surface area (TPSA) is 70.6 Å². The van der Waals surface area contributed by atoms with Gasteiger partial charge in [0.2, 0.25) is 5.91 Å². The van der Waals surface area contributed by atoms with Gasteiger partial charge in [0.05, 0.1) is 18.7 Å². The second kappa shape index (κ2) is 8.47. The number of aromatic nitrogens is 2. The molecule has 0 saturated heterocycles. The van der Waals surface area contributed by atoms with Crippen LogP contribution in [0.5, 0.6) is 0 Å². The molecule has 1 aromatic heterocycles. The van der Waals surface area contributed by atoms with Crippen molar-refractivity contribution in [1.29, 1.82) is 0 Å². The third kappa shape index (κ3) is 4.21. The molecule has 0 radical (unpaired) electrons. The number of carbonyl (C=O) groups is 1. The predicted molar refractivity (Wildman–Crippen MR) is 97.7 cm³/mol. The molecule has 0 bridgehead atoms. The first-order chi connectivity index (χ1) is 12.2. The summed E-state index contributed by atoms with van der Waals surface area (Å²) >= 11 is 0. The number of amides is 1. The maximum Gasteiger partial charge on any atom is 0.242 e. The minimum Gasteiger partial charge on any atom is -0.385 e. The van der Waals surface area contributed by atoms with Crippen LogP contribution in [0.1, 0.15) is 44.1 Å². The van der Waals surface area contributed by atoms with E-state index in [0.29, 0.717) is 25.7 Å². The molecule has 1 N–H and O–H groups in total. The summed E-state index contributed by atoms with van der Waals surface area (Å²) in [5.74, 6) is 1.89. The lowest BCUT2D eigenvalue weighted by molar-refractivity contribution is -0.133. The molecule has 0 unspecified atom stereocenters. The standard InChI is InChI=1S/C18H29N5O2/c1-22-12-16(24)23(14-7-4-3-5-8-14)11-15-17(19-9-6-10-25-2)20-13-21-18(15)22/h13-14H,3-12H2,1-2H3,(H,19,20,21). The van der Waals surface area contributed by atoms with E-state index in [2.05, 4.69) is 20.2 Å². The Hall–Kier alpha value is -1.89. The normalized spacial score (nSPS) is 18.9. The quantitative estimate of drug-likeness (QED) is 0.794. The maximum absolute atomic E-state index is 12.8. The van der Waals surface area contributed by atoms with Crippen LogP contribution in [0.3, 0.4) is 0 Å². The van der Waals surface area contributed by atoms with E-state index < -0.39 is 0 Å². The van der Waals surface area contributed by atoms with Gasteiger partial charge < -0.3 is 19.9 Å². The first-order valence-corrected chi connectivity index (χ1v) is 9.28. The van der Waals surface area contributed by atoms with E-state index in [1.54, 1.807) is 13.4 Å². The Morgan fingerprint density at radius 1 is 1.24 bits per heavy atom. The van der Waals surface area contributed by atoms with Crippen LogP contribution >= 0.6 is 0 Å². The predicted octanol–water partition coefficient (Wildman–Crippen LogP) is 2.04. The fourth-order valence-electron chi connectivity index (χ4n) is 3.81. The van der Waals surface area contributed by atoms with Gasteiger partial charge in [-0.15, -0.1) is 0 Å². The SMILES string of the molecule is COCCCNc1ncnc2c1CN(C1CCCCC1)C(=O)CN2C. The average Bonchev–Trinajstić information content (AvgIpc) is 2.76. The first-order valence-electron chi connectivity index (χ1n) is 9.28. The maximum atomic E-state index is 12.8. The van der Waals surface area contributed by atoms with Crippen molar-refractivity contribution in [2.75, 3.05) is 44.1 Å². The largest absolute Gasteiger partial charge is 0.385 e. The van der Waals surface area contributed by atoms with Crippen LogP contribution < -0.4 is 10.2 Å². The third-order valence-electron chi connectivity index (χ3n) is 5.14. The lowest BCUT2D eigenvalue weighted by Gasteiger charge is -2.33. The number of hydrogen-bond acceptors (Lipinski definition) is 6. The zero-order chi connectivity index (χ0) is 17.6. The molecule has 1 saturated carbocycles. The van der Waals surface area contributed by atoms with Crippen molar-refractivity contribution in [3.05, 3.63) is 11.9 Å². The molecule has 3 rings (SSSR count). The molecule has 1 aliphatic carbocycles. The lowest BCUT2D eigenvalue weighted by Crippen LogP contribution is -2.43. The van der Waals surface area contributed by atoms with Crippen molar-refractivity contribution >= 4 is 17.5 Å². The summed E-state index contributed by atoms with van der Waals surface area (Å²) in [7, 11) is 3.64. The average molecular weight is 347 g/mol. The van der Waals surface area contributed by atoms with Crippen molar-refractivity contribution in [2.45, 2.75) is 51.1 Å². The molecule has 1 amide bonds. The number of carbonyl (C=O) groups excluding carboxylic acids is 1. The van der Waals surface area contributed by atoms with Crippen molar-refractivity contribution in [1.82, 2.24) is 14.9 Å². The highest BCUT2D eigenvalue weighted by Gasteiger charge is 2.32. The molecule has 7 heteroatoms. The second-order valence-electron chi connectivity index (χ2n) is 6.97. The summed E-state index contributed by atoms with van der Waals surface area (Å²) in [5, 5.41) is 3.40. The van der Waals surface area contributed by atoms with Gasteiger partial charge in [0.1, 0.15) is 18.0 Å². The molecule has 138 valence electrons. The molecule has 2 aliphatic rings. The minimum atomic E-state index is 0.192. The molecule has 1 aromatic rings. The summed E-state index contributed by atoms with van der Waals surface area (Å²) in [6.07, 6.45) is 8.41. The van der Waals surface area contributed by atoms with Crippen LogP contribution in [0.2, 0.25) is 0 Å². The Labute approximate surface area is 149 Å². The van der Waals surface area contributed by atoms with Crippen molar-refractivity contribution in [2.24, 2.45) is 0 Å². The Morgan fingerprint density at radius 2 is 2.04 bits per heavy atom. The van der Waals surface area contributed by atoms with E-state index in [4.69, 9.17) is 4.74 Å². The van der Waals surface area contributed by atoms with Crippen LogP contribution in [-0.2, 0) is 16.1 Å². The van der Waals surface area contributed by atoms with Gasteiger partial charge >= 0.3 is 0 Å². The number of ether oxygens (including phenoxy) is 1. The minimum absolute atomic E-state index is 0.192. The fraction of sp³-hybridized carbons (Fsp3) is 0.722. The van der Waals surface area contributed by atoms with Gasteiger partial charge in [-0.05, 0) is 19.3 Å². The Morgan fingerprint density at radius 3 is 2.80 bits per heavy atom. The van der Waals surface area contributed by atoms with E-state index >= 15 is 0 Å². The zero-order valence-electron chi connectivity index (χ0n) is 15.3. The number of rotatable bonds is 6. The summed E-state index contributed by atoms with van der Waals surface area (Å²) in [6.45, 7) is 2.48. The number of fused-ring (bicyclic) bond motifs is 1. The smallest absolute Gasteiger partial charge is 0.242 e. The number of nitrogens with one attached hydrogen (secondary N) is 1. The molecule has 0 aromatic carbocycles. The third-order valence-corrected chi connectivity index (χ3v) is 5.14. The summed E-state index contributed by atoms with van der Waals surface area (Å²) in [6, 6.07) is 0.349. The number of likely N-dealkylation sites (N-methyl/N-ethyl adjacent to an activating group) is 1. The molecular weight excluding hydrogens is 318 g/mol. The Balaban J connectivity index is 1.82. The van der Waals surface area contributed by atoms with Gasteiger partial charge in [0, 0.05) is 33.4 Å². The molecule has 1 fully saturated rings. The molecule has 0 spiro atoms. The van der Waals surface area contributed by atoms with Crippen molar-refractivity contribution in [3.63, 3.8) is 0 Å². The van der Waals surface area contributed by atoms with Crippen LogP contribution in [0.4, 0.5) is 11.6 Å².